The monoisotopic (exact) mass is 390 g/mol. The molecular weight excluding hydrogens is 364 g/mol. The predicted molar refractivity (Wildman–Crippen MR) is 107 cm³/mol. The fourth-order valence-electron chi connectivity index (χ4n) is 3.38. The maximum absolute atomic E-state index is 12.8. The van der Waals surface area contributed by atoms with Gasteiger partial charge in [-0.15, -0.1) is 0 Å². The molecule has 6 nitrogen and oxygen atoms in total. The first-order valence-corrected chi connectivity index (χ1v) is 11.0. The van der Waals surface area contributed by atoms with Crippen molar-refractivity contribution in [2.75, 3.05) is 38.7 Å². The van der Waals surface area contributed by atoms with Crippen LogP contribution in [-0.4, -0.2) is 68.9 Å². The third kappa shape index (κ3) is 5.20. The van der Waals surface area contributed by atoms with E-state index in [-0.39, 0.29) is 23.5 Å². The van der Waals surface area contributed by atoms with Gasteiger partial charge in [-0.1, -0.05) is 18.2 Å². The largest absolute Gasteiger partial charge is 0.457 e. The van der Waals surface area contributed by atoms with Gasteiger partial charge in [-0.05, 0) is 51.7 Å². The van der Waals surface area contributed by atoms with Gasteiger partial charge in [-0.25, -0.2) is 8.42 Å². The van der Waals surface area contributed by atoms with Gasteiger partial charge >= 0.3 is 0 Å². The normalized spacial score (nSPS) is 19.3. The topological polar surface area (TPSA) is 70.8 Å². The van der Waals surface area contributed by atoms with E-state index in [1.807, 2.05) is 44.4 Å². The SMILES string of the molecule is CN(C)CCCN(C(=O)/C=C/c1cc2ccccc2o1)C1CCS(=O)(=O)C1. The fraction of sp³-hybridized carbons (Fsp3) is 0.450. The third-order valence-electron chi connectivity index (χ3n) is 4.77. The van der Waals surface area contributed by atoms with Crippen molar-refractivity contribution >= 4 is 32.8 Å². The Hall–Kier alpha value is -2.12. The molecule has 1 fully saturated rings. The van der Waals surface area contributed by atoms with Crippen LogP contribution < -0.4 is 0 Å². The average Bonchev–Trinajstić information content (AvgIpc) is 3.18. The minimum atomic E-state index is -3.05. The van der Waals surface area contributed by atoms with E-state index in [9.17, 15) is 13.2 Å². The van der Waals surface area contributed by atoms with E-state index in [2.05, 4.69) is 4.90 Å². The summed E-state index contributed by atoms with van der Waals surface area (Å²) in [6, 6.07) is 9.31. The smallest absolute Gasteiger partial charge is 0.246 e. The second-order valence-electron chi connectivity index (χ2n) is 7.27. The Morgan fingerprint density at radius 3 is 2.70 bits per heavy atom. The van der Waals surface area contributed by atoms with Crippen LogP contribution >= 0.6 is 0 Å². The fourth-order valence-corrected chi connectivity index (χ4v) is 5.12. The van der Waals surface area contributed by atoms with Crippen molar-refractivity contribution in [1.82, 2.24) is 9.80 Å². The maximum Gasteiger partial charge on any atom is 0.246 e. The first kappa shape index (κ1) is 19.6. The molecule has 1 saturated heterocycles. The molecule has 2 heterocycles. The highest BCUT2D eigenvalue weighted by Crippen LogP contribution is 2.21. The highest BCUT2D eigenvalue weighted by Gasteiger charge is 2.33. The molecule has 146 valence electrons. The van der Waals surface area contributed by atoms with E-state index < -0.39 is 9.84 Å². The van der Waals surface area contributed by atoms with E-state index in [4.69, 9.17) is 4.42 Å². The van der Waals surface area contributed by atoms with Crippen molar-refractivity contribution in [3.63, 3.8) is 0 Å². The zero-order valence-corrected chi connectivity index (χ0v) is 16.6. The summed E-state index contributed by atoms with van der Waals surface area (Å²) in [6.45, 7) is 1.39. The average molecular weight is 391 g/mol. The summed E-state index contributed by atoms with van der Waals surface area (Å²) in [6.07, 6.45) is 4.45. The first-order chi connectivity index (χ1) is 12.8. The number of rotatable bonds is 7. The molecule has 1 aromatic carbocycles. The number of hydrogen-bond donors (Lipinski definition) is 0. The van der Waals surface area contributed by atoms with Gasteiger partial charge in [0.05, 0.1) is 11.5 Å². The quantitative estimate of drug-likeness (QED) is 0.679. The minimum Gasteiger partial charge on any atom is -0.457 e. The van der Waals surface area contributed by atoms with Gasteiger partial charge in [-0.2, -0.15) is 0 Å². The summed E-state index contributed by atoms with van der Waals surface area (Å²) in [5.74, 6) is 0.648. The van der Waals surface area contributed by atoms with Gasteiger partial charge < -0.3 is 14.2 Å². The molecule has 0 aliphatic carbocycles. The second-order valence-corrected chi connectivity index (χ2v) is 9.49. The van der Waals surface area contributed by atoms with E-state index in [0.29, 0.717) is 18.7 Å². The Balaban J connectivity index is 1.72. The van der Waals surface area contributed by atoms with Crippen molar-refractivity contribution in [3.8, 4) is 0 Å². The number of amides is 1. The molecule has 2 aromatic rings. The van der Waals surface area contributed by atoms with Crippen molar-refractivity contribution in [1.29, 1.82) is 0 Å². The Bertz CT molecular complexity index is 897. The molecule has 0 N–H and O–H groups in total. The molecule has 1 atom stereocenters. The highest BCUT2D eigenvalue weighted by molar-refractivity contribution is 7.91. The molecule has 7 heteroatoms. The lowest BCUT2D eigenvalue weighted by atomic mass is 10.2. The molecule has 0 spiro atoms. The first-order valence-electron chi connectivity index (χ1n) is 9.16. The molecule has 1 amide bonds. The lowest BCUT2D eigenvalue weighted by molar-refractivity contribution is -0.127. The van der Waals surface area contributed by atoms with Crippen LogP contribution in [0.3, 0.4) is 0 Å². The lowest BCUT2D eigenvalue weighted by Gasteiger charge is -2.27. The number of nitrogens with zero attached hydrogens (tertiary/aromatic N) is 2. The Kier molecular flexibility index (Phi) is 6.01. The van der Waals surface area contributed by atoms with Crippen molar-refractivity contribution in [2.24, 2.45) is 0 Å². The maximum atomic E-state index is 12.8. The summed E-state index contributed by atoms with van der Waals surface area (Å²) >= 11 is 0. The predicted octanol–water partition coefficient (Wildman–Crippen LogP) is 2.41. The van der Waals surface area contributed by atoms with Crippen molar-refractivity contribution < 1.29 is 17.6 Å². The van der Waals surface area contributed by atoms with Crippen LogP contribution in [0.2, 0.25) is 0 Å². The van der Waals surface area contributed by atoms with E-state index in [0.717, 1.165) is 23.9 Å². The van der Waals surface area contributed by atoms with E-state index in [1.54, 1.807) is 11.0 Å². The van der Waals surface area contributed by atoms with Gasteiger partial charge in [0, 0.05) is 24.0 Å². The number of furan rings is 1. The molecule has 1 aliphatic heterocycles. The van der Waals surface area contributed by atoms with Crippen LogP contribution in [-0.2, 0) is 14.6 Å². The van der Waals surface area contributed by atoms with Crippen LogP contribution in [0.15, 0.2) is 40.8 Å². The van der Waals surface area contributed by atoms with Gasteiger partial charge in [-0.3, -0.25) is 4.79 Å². The molecule has 0 saturated carbocycles. The number of hydrogen-bond acceptors (Lipinski definition) is 5. The Labute approximate surface area is 160 Å². The number of carbonyl (C=O) groups is 1. The summed E-state index contributed by atoms with van der Waals surface area (Å²) in [5, 5.41) is 0.981. The van der Waals surface area contributed by atoms with E-state index in [1.165, 1.54) is 6.08 Å². The molecule has 27 heavy (non-hydrogen) atoms. The minimum absolute atomic E-state index is 0.0547. The van der Waals surface area contributed by atoms with Crippen molar-refractivity contribution in [3.05, 3.63) is 42.2 Å². The summed E-state index contributed by atoms with van der Waals surface area (Å²) in [7, 11) is 0.913. The van der Waals surface area contributed by atoms with Crippen LogP contribution in [0.25, 0.3) is 17.0 Å². The van der Waals surface area contributed by atoms with Crippen LogP contribution in [0, 0.1) is 0 Å². The Morgan fingerprint density at radius 1 is 1.26 bits per heavy atom. The molecule has 0 bridgehead atoms. The molecule has 3 rings (SSSR count). The number of carbonyl (C=O) groups excluding carboxylic acids is 1. The van der Waals surface area contributed by atoms with Gasteiger partial charge in [0.25, 0.3) is 0 Å². The third-order valence-corrected chi connectivity index (χ3v) is 6.52. The standard InChI is InChI=1S/C20H26N2O4S/c1-21(2)11-5-12-22(17-10-13-27(24,25)15-17)20(23)9-8-18-14-16-6-3-4-7-19(16)26-18/h3-4,6-9,14,17H,5,10-13,15H2,1-2H3/b9-8+. The van der Waals surface area contributed by atoms with E-state index >= 15 is 0 Å². The molecule has 1 aliphatic rings. The van der Waals surface area contributed by atoms with Gasteiger partial charge in [0.1, 0.15) is 11.3 Å². The zero-order valence-electron chi connectivity index (χ0n) is 15.8. The van der Waals surface area contributed by atoms with Crippen LogP contribution in [0.4, 0.5) is 0 Å². The lowest BCUT2D eigenvalue weighted by Crippen LogP contribution is -2.41. The Morgan fingerprint density at radius 2 is 2.04 bits per heavy atom. The van der Waals surface area contributed by atoms with Crippen LogP contribution in [0.1, 0.15) is 18.6 Å². The number of para-hydroxylation sites is 1. The molecule has 0 radical (unpaired) electrons. The molecule has 1 unspecified atom stereocenters. The summed E-state index contributed by atoms with van der Waals surface area (Å²) in [4.78, 5) is 16.5. The summed E-state index contributed by atoms with van der Waals surface area (Å²) < 4.78 is 29.4. The number of fused-ring (bicyclic) bond motifs is 1. The van der Waals surface area contributed by atoms with Crippen LogP contribution in [0.5, 0.6) is 0 Å². The van der Waals surface area contributed by atoms with Gasteiger partial charge in [0.2, 0.25) is 5.91 Å². The number of benzene rings is 1. The molecule has 1 aromatic heterocycles. The van der Waals surface area contributed by atoms with Crippen molar-refractivity contribution in [2.45, 2.75) is 18.9 Å². The highest BCUT2D eigenvalue weighted by atomic mass is 32.2. The number of sulfone groups is 1. The van der Waals surface area contributed by atoms with Gasteiger partial charge in [0.15, 0.2) is 9.84 Å². The zero-order chi connectivity index (χ0) is 19.4. The summed E-state index contributed by atoms with van der Waals surface area (Å²) in [5.41, 5.74) is 0.773. The molecular formula is C20H26N2O4S. The second kappa shape index (κ2) is 8.27.